The van der Waals surface area contributed by atoms with E-state index in [2.05, 4.69) is 10.6 Å². The lowest BCUT2D eigenvalue weighted by Crippen LogP contribution is -2.39. The van der Waals surface area contributed by atoms with Crippen LogP contribution in [0.4, 0.5) is 10.5 Å². The fraction of sp³-hybridized carbons (Fsp3) is 0.600. The lowest BCUT2D eigenvalue weighted by molar-refractivity contribution is -0.122. The van der Waals surface area contributed by atoms with E-state index in [0.717, 1.165) is 0 Å². The zero-order valence-corrected chi connectivity index (χ0v) is 17.6. The van der Waals surface area contributed by atoms with Gasteiger partial charge in [0.1, 0.15) is 5.75 Å². The van der Waals surface area contributed by atoms with Crippen LogP contribution in [0.3, 0.4) is 0 Å². The van der Waals surface area contributed by atoms with Crippen LogP contribution in [0.2, 0.25) is 0 Å². The van der Waals surface area contributed by atoms with Gasteiger partial charge in [-0.05, 0) is 32.9 Å². The number of carbonyl (C=O) groups is 2. The monoisotopic (exact) mass is 411 g/mol. The Labute approximate surface area is 172 Å². The van der Waals surface area contributed by atoms with Crippen LogP contribution in [0.25, 0.3) is 0 Å². The molecule has 1 aromatic carbocycles. The van der Waals surface area contributed by atoms with Crippen LogP contribution in [0.15, 0.2) is 24.3 Å². The molecule has 164 valence electrons. The summed E-state index contributed by atoms with van der Waals surface area (Å²) in [6.45, 7) is 7.21. The van der Waals surface area contributed by atoms with Crippen LogP contribution in [-0.2, 0) is 14.3 Å². The number of aliphatic hydroxyl groups is 1. The van der Waals surface area contributed by atoms with Gasteiger partial charge in [0.25, 0.3) is 5.91 Å². The van der Waals surface area contributed by atoms with E-state index in [-0.39, 0.29) is 37.8 Å². The number of likely N-dealkylation sites (N-methyl/N-ethyl adjacent to an activating group) is 2. The molecule has 3 N–H and O–H groups in total. The average molecular weight is 411 g/mol. The van der Waals surface area contributed by atoms with Gasteiger partial charge < -0.3 is 34.9 Å². The SMILES string of the molecule is CCNC(=O)COc1cccc(NC(=O)N(C)CC(O)COCCOC(C)C)c1. The topological polar surface area (TPSA) is 109 Å². The number of nitrogens with zero attached hydrogens (tertiary/aromatic N) is 1. The standard InChI is InChI=1S/C20H33N3O6/c1-5-21-19(25)14-29-18-8-6-7-16(11-18)22-20(26)23(4)12-17(24)13-27-9-10-28-15(2)3/h6-8,11,15,17,24H,5,9-10,12-14H2,1-4H3,(H,21,25)(H,22,26). The summed E-state index contributed by atoms with van der Waals surface area (Å²) in [5.74, 6) is 0.252. The van der Waals surface area contributed by atoms with Crippen molar-refractivity contribution >= 4 is 17.6 Å². The minimum absolute atomic E-state index is 0.0977. The van der Waals surface area contributed by atoms with E-state index < -0.39 is 6.10 Å². The summed E-state index contributed by atoms with van der Waals surface area (Å²) in [5, 5.41) is 15.4. The first kappa shape index (κ1) is 24.7. The van der Waals surface area contributed by atoms with Gasteiger partial charge in [-0.3, -0.25) is 4.79 Å². The molecule has 1 atom stereocenters. The first-order valence-corrected chi connectivity index (χ1v) is 9.70. The molecule has 3 amide bonds. The number of hydrogen-bond acceptors (Lipinski definition) is 6. The van der Waals surface area contributed by atoms with Crippen LogP contribution in [0.1, 0.15) is 20.8 Å². The second-order valence-electron chi connectivity index (χ2n) is 6.73. The fourth-order valence-electron chi connectivity index (χ4n) is 2.29. The van der Waals surface area contributed by atoms with Gasteiger partial charge in [-0.15, -0.1) is 0 Å². The number of hydrogen-bond donors (Lipinski definition) is 3. The Kier molecular flexibility index (Phi) is 11.7. The first-order chi connectivity index (χ1) is 13.8. The van der Waals surface area contributed by atoms with E-state index >= 15 is 0 Å². The normalized spacial score (nSPS) is 11.8. The summed E-state index contributed by atoms with van der Waals surface area (Å²) in [5.41, 5.74) is 0.520. The molecule has 1 rings (SSSR count). The van der Waals surface area contributed by atoms with E-state index in [1.54, 1.807) is 31.3 Å². The highest BCUT2D eigenvalue weighted by Gasteiger charge is 2.14. The number of carbonyl (C=O) groups excluding carboxylic acids is 2. The van der Waals surface area contributed by atoms with Crippen molar-refractivity contribution in [1.29, 1.82) is 0 Å². The molecule has 9 heteroatoms. The molecule has 0 saturated carbocycles. The number of nitrogens with one attached hydrogen (secondary N) is 2. The number of urea groups is 1. The number of rotatable bonds is 13. The smallest absolute Gasteiger partial charge is 0.321 e. The number of anilines is 1. The molecular formula is C20H33N3O6. The fourth-order valence-corrected chi connectivity index (χ4v) is 2.29. The quantitative estimate of drug-likeness (QED) is 0.424. The number of aliphatic hydroxyl groups excluding tert-OH is 1. The highest BCUT2D eigenvalue weighted by molar-refractivity contribution is 5.89. The molecule has 9 nitrogen and oxygen atoms in total. The third-order valence-electron chi connectivity index (χ3n) is 3.65. The Morgan fingerprint density at radius 3 is 2.69 bits per heavy atom. The Morgan fingerprint density at radius 2 is 2.00 bits per heavy atom. The Balaban J connectivity index is 2.38. The zero-order valence-electron chi connectivity index (χ0n) is 17.6. The molecule has 0 fully saturated rings. The van der Waals surface area contributed by atoms with Crippen molar-refractivity contribution in [3.8, 4) is 5.75 Å². The minimum atomic E-state index is -0.809. The maximum Gasteiger partial charge on any atom is 0.321 e. The van der Waals surface area contributed by atoms with Crippen LogP contribution in [0.5, 0.6) is 5.75 Å². The maximum absolute atomic E-state index is 12.3. The summed E-state index contributed by atoms with van der Waals surface area (Å²) >= 11 is 0. The number of amides is 3. The van der Waals surface area contributed by atoms with Gasteiger partial charge in [0.2, 0.25) is 0 Å². The van der Waals surface area contributed by atoms with E-state index in [4.69, 9.17) is 14.2 Å². The van der Waals surface area contributed by atoms with Crippen molar-refractivity contribution in [3.63, 3.8) is 0 Å². The third-order valence-corrected chi connectivity index (χ3v) is 3.65. The molecule has 0 aliphatic heterocycles. The van der Waals surface area contributed by atoms with Crippen molar-refractivity contribution in [2.75, 3.05) is 51.9 Å². The van der Waals surface area contributed by atoms with Gasteiger partial charge in [-0.1, -0.05) is 6.07 Å². The third kappa shape index (κ3) is 11.3. The van der Waals surface area contributed by atoms with Crippen LogP contribution >= 0.6 is 0 Å². The molecule has 0 bridgehead atoms. The second kappa shape index (κ2) is 13.8. The van der Waals surface area contributed by atoms with Gasteiger partial charge in [-0.2, -0.15) is 0 Å². The zero-order chi connectivity index (χ0) is 21.6. The highest BCUT2D eigenvalue weighted by Crippen LogP contribution is 2.17. The number of ether oxygens (including phenoxy) is 3. The predicted octanol–water partition coefficient (Wildman–Crippen LogP) is 1.47. The Hall–Kier alpha value is -2.36. The molecule has 0 spiro atoms. The van der Waals surface area contributed by atoms with E-state index in [1.165, 1.54) is 4.90 Å². The highest BCUT2D eigenvalue weighted by atomic mass is 16.5. The van der Waals surface area contributed by atoms with Crippen molar-refractivity contribution in [1.82, 2.24) is 10.2 Å². The summed E-state index contributed by atoms with van der Waals surface area (Å²) in [6.07, 6.45) is -0.674. The Morgan fingerprint density at radius 1 is 1.24 bits per heavy atom. The molecule has 0 heterocycles. The van der Waals surface area contributed by atoms with Crippen molar-refractivity contribution in [2.24, 2.45) is 0 Å². The molecule has 0 saturated heterocycles. The summed E-state index contributed by atoms with van der Waals surface area (Å²) in [4.78, 5) is 25.1. The van der Waals surface area contributed by atoms with Gasteiger partial charge in [0.05, 0.1) is 38.6 Å². The lowest BCUT2D eigenvalue weighted by atomic mass is 10.3. The Bertz CT molecular complexity index is 626. The molecule has 1 aromatic rings. The maximum atomic E-state index is 12.3. The molecule has 0 aliphatic rings. The largest absolute Gasteiger partial charge is 0.484 e. The van der Waals surface area contributed by atoms with Gasteiger partial charge in [0.15, 0.2) is 6.61 Å². The molecule has 29 heavy (non-hydrogen) atoms. The lowest BCUT2D eigenvalue weighted by Gasteiger charge is -2.21. The van der Waals surface area contributed by atoms with E-state index in [1.807, 2.05) is 20.8 Å². The van der Waals surface area contributed by atoms with Crippen LogP contribution in [-0.4, -0.2) is 80.7 Å². The number of benzene rings is 1. The van der Waals surface area contributed by atoms with Crippen molar-refractivity contribution in [3.05, 3.63) is 24.3 Å². The molecule has 1 unspecified atom stereocenters. The molecule has 0 aromatic heterocycles. The van der Waals surface area contributed by atoms with Crippen molar-refractivity contribution < 1.29 is 28.9 Å². The van der Waals surface area contributed by atoms with Crippen LogP contribution in [0, 0.1) is 0 Å². The first-order valence-electron chi connectivity index (χ1n) is 9.70. The van der Waals surface area contributed by atoms with E-state index in [0.29, 0.717) is 31.2 Å². The van der Waals surface area contributed by atoms with Crippen LogP contribution < -0.4 is 15.4 Å². The summed E-state index contributed by atoms with van der Waals surface area (Å²) in [6, 6.07) is 6.36. The van der Waals surface area contributed by atoms with Gasteiger partial charge >= 0.3 is 6.03 Å². The van der Waals surface area contributed by atoms with Crippen molar-refractivity contribution in [2.45, 2.75) is 33.0 Å². The average Bonchev–Trinajstić information content (AvgIpc) is 2.66. The van der Waals surface area contributed by atoms with Gasteiger partial charge in [0, 0.05) is 25.3 Å². The molecule has 0 aliphatic carbocycles. The summed E-state index contributed by atoms with van der Waals surface area (Å²) in [7, 11) is 1.58. The van der Waals surface area contributed by atoms with E-state index in [9.17, 15) is 14.7 Å². The predicted molar refractivity (Wildman–Crippen MR) is 110 cm³/mol. The minimum Gasteiger partial charge on any atom is -0.484 e. The summed E-state index contributed by atoms with van der Waals surface area (Å²) < 4.78 is 16.1. The molecule has 0 radical (unpaired) electrons. The van der Waals surface area contributed by atoms with Gasteiger partial charge in [-0.25, -0.2) is 4.79 Å². The molecular weight excluding hydrogens is 378 g/mol. The second-order valence-corrected chi connectivity index (χ2v) is 6.73.